The number of hydrogen-bond acceptors (Lipinski definition) is 7. The maximum absolute atomic E-state index is 12.5. The number of ether oxygens (including phenoxy) is 3. The largest absolute Gasteiger partial charge is 0.497 e. The molecule has 0 bridgehead atoms. The molecule has 1 aliphatic rings. The molecular formula is C20H26N4O4. The van der Waals surface area contributed by atoms with Crippen LogP contribution in [0.4, 0.5) is 11.5 Å². The van der Waals surface area contributed by atoms with E-state index < -0.39 is 0 Å². The number of aromatic nitrogens is 1. The van der Waals surface area contributed by atoms with Gasteiger partial charge in [-0.3, -0.25) is 9.69 Å². The number of carbonyl (C=O) groups is 1. The summed E-state index contributed by atoms with van der Waals surface area (Å²) in [6, 6.07) is 8.77. The molecule has 8 nitrogen and oxygen atoms in total. The van der Waals surface area contributed by atoms with Gasteiger partial charge in [-0.15, -0.1) is 0 Å². The number of anilines is 2. The smallest absolute Gasteiger partial charge is 0.257 e. The van der Waals surface area contributed by atoms with Gasteiger partial charge in [0, 0.05) is 38.4 Å². The van der Waals surface area contributed by atoms with E-state index in [1.54, 1.807) is 50.7 Å². The first-order chi connectivity index (χ1) is 13.7. The molecule has 0 atom stereocenters. The zero-order valence-corrected chi connectivity index (χ0v) is 16.2. The summed E-state index contributed by atoms with van der Waals surface area (Å²) in [6.07, 6.45) is 1.55. The van der Waals surface area contributed by atoms with Crippen LogP contribution >= 0.6 is 0 Å². The highest BCUT2D eigenvalue weighted by Crippen LogP contribution is 2.29. The average molecular weight is 386 g/mol. The lowest BCUT2D eigenvalue weighted by atomic mass is 10.2. The Bertz CT molecular complexity index is 776. The van der Waals surface area contributed by atoms with Gasteiger partial charge in [-0.05, 0) is 24.3 Å². The number of nitrogens with zero attached hydrogens (tertiary/aromatic N) is 2. The Hall–Kier alpha value is -2.84. The van der Waals surface area contributed by atoms with Gasteiger partial charge in [0.15, 0.2) is 0 Å². The second-order valence-electron chi connectivity index (χ2n) is 6.33. The van der Waals surface area contributed by atoms with E-state index in [4.69, 9.17) is 14.2 Å². The maximum Gasteiger partial charge on any atom is 0.257 e. The minimum Gasteiger partial charge on any atom is -0.497 e. The number of amides is 1. The Morgan fingerprint density at radius 1 is 1.18 bits per heavy atom. The lowest BCUT2D eigenvalue weighted by Gasteiger charge is -2.26. The zero-order valence-electron chi connectivity index (χ0n) is 16.2. The van der Waals surface area contributed by atoms with E-state index in [1.165, 1.54) is 0 Å². The summed E-state index contributed by atoms with van der Waals surface area (Å²) in [7, 11) is 3.12. The Morgan fingerprint density at radius 3 is 2.68 bits per heavy atom. The number of rotatable bonds is 8. The molecule has 28 heavy (non-hydrogen) atoms. The van der Waals surface area contributed by atoms with E-state index in [9.17, 15) is 4.79 Å². The molecule has 0 radical (unpaired) electrons. The van der Waals surface area contributed by atoms with Crippen LogP contribution in [0.1, 0.15) is 10.4 Å². The highest BCUT2D eigenvalue weighted by Gasteiger charge is 2.12. The molecule has 0 unspecified atom stereocenters. The van der Waals surface area contributed by atoms with Gasteiger partial charge >= 0.3 is 0 Å². The third kappa shape index (κ3) is 5.34. The lowest BCUT2D eigenvalue weighted by Crippen LogP contribution is -2.39. The van der Waals surface area contributed by atoms with E-state index >= 15 is 0 Å². The number of morpholine rings is 1. The summed E-state index contributed by atoms with van der Waals surface area (Å²) < 4.78 is 15.8. The summed E-state index contributed by atoms with van der Waals surface area (Å²) in [5.74, 6) is 1.67. The van der Waals surface area contributed by atoms with Crippen LogP contribution in [0.15, 0.2) is 36.5 Å². The van der Waals surface area contributed by atoms with Crippen LogP contribution in [0.5, 0.6) is 11.5 Å². The van der Waals surface area contributed by atoms with Crippen molar-refractivity contribution < 1.29 is 19.0 Å². The third-order valence-corrected chi connectivity index (χ3v) is 4.52. The average Bonchev–Trinajstić information content (AvgIpc) is 2.75. The number of nitrogens with one attached hydrogen (secondary N) is 2. The van der Waals surface area contributed by atoms with Crippen LogP contribution in [0, 0.1) is 0 Å². The van der Waals surface area contributed by atoms with Crippen molar-refractivity contribution in [2.75, 3.05) is 64.2 Å². The first-order valence-corrected chi connectivity index (χ1v) is 9.23. The van der Waals surface area contributed by atoms with E-state index in [0.29, 0.717) is 22.7 Å². The third-order valence-electron chi connectivity index (χ3n) is 4.52. The predicted octanol–water partition coefficient (Wildman–Crippen LogP) is 2.10. The molecule has 2 N–H and O–H groups in total. The molecular weight excluding hydrogens is 360 g/mol. The molecule has 1 fully saturated rings. The second kappa shape index (κ2) is 9.91. The molecule has 1 aromatic heterocycles. The van der Waals surface area contributed by atoms with Gasteiger partial charge < -0.3 is 24.8 Å². The van der Waals surface area contributed by atoms with Crippen molar-refractivity contribution >= 4 is 17.4 Å². The minimum absolute atomic E-state index is 0.265. The van der Waals surface area contributed by atoms with Crippen molar-refractivity contribution in [2.24, 2.45) is 0 Å². The highest BCUT2D eigenvalue weighted by atomic mass is 16.5. The van der Waals surface area contributed by atoms with Crippen LogP contribution in [-0.2, 0) is 4.74 Å². The fourth-order valence-electron chi connectivity index (χ4n) is 2.91. The summed E-state index contributed by atoms with van der Waals surface area (Å²) in [5, 5.41) is 6.11. The van der Waals surface area contributed by atoms with Crippen LogP contribution in [-0.4, -0.2) is 69.4 Å². The molecule has 150 valence electrons. The van der Waals surface area contributed by atoms with Gasteiger partial charge in [-0.1, -0.05) is 0 Å². The fourth-order valence-corrected chi connectivity index (χ4v) is 2.91. The zero-order chi connectivity index (χ0) is 19.8. The van der Waals surface area contributed by atoms with Gasteiger partial charge in [0.1, 0.15) is 17.3 Å². The number of benzene rings is 1. The van der Waals surface area contributed by atoms with Crippen molar-refractivity contribution in [1.29, 1.82) is 0 Å². The summed E-state index contributed by atoms with van der Waals surface area (Å²) >= 11 is 0. The van der Waals surface area contributed by atoms with E-state index in [-0.39, 0.29) is 5.91 Å². The summed E-state index contributed by atoms with van der Waals surface area (Å²) in [6.45, 7) is 5.23. The SMILES string of the molecule is COc1ccc(OC)c(NC(=O)c2ccc(NCCN3CCOCC3)nc2)c1. The monoisotopic (exact) mass is 386 g/mol. The summed E-state index contributed by atoms with van der Waals surface area (Å²) in [5.41, 5.74) is 1.00. The van der Waals surface area contributed by atoms with Crippen molar-refractivity contribution in [1.82, 2.24) is 9.88 Å². The number of methoxy groups -OCH3 is 2. The first-order valence-electron chi connectivity index (χ1n) is 9.23. The van der Waals surface area contributed by atoms with Gasteiger partial charge in [-0.2, -0.15) is 0 Å². The molecule has 2 aromatic rings. The van der Waals surface area contributed by atoms with E-state index in [1.807, 2.05) is 0 Å². The molecule has 1 amide bonds. The second-order valence-corrected chi connectivity index (χ2v) is 6.33. The van der Waals surface area contributed by atoms with Gasteiger partial charge in [0.05, 0.1) is 38.7 Å². The maximum atomic E-state index is 12.5. The molecule has 1 aromatic carbocycles. The molecule has 2 heterocycles. The molecule has 1 aliphatic heterocycles. The Kier molecular flexibility index (Phi) is 7.05. The van der Waals surface area contributed by atoms with Crippen molar-refractivity contribution in [3.8, 4) is 11.5 Å². The lowest BCUT2D eigenvalue weighted by molar-refractivity contribution is 0.0398. The van der Waals surface area contributed by atoms with Crippen molar-refractivity contribution in [3.63, 3.8) is 0 Å². The van der Waals surface area contributed by atoms with Gasteiger partial charge in [0.25, 0.3) is 5.91 Å². The van der Waals surface area contributed by atoms with Crippen molar-refractivity contribution in [2.45, 2.75) is 0 Å². The first kappa shape index (κ1) is 19.9. The highest BCUT2D eigenvalue weighted by molar-refractivity contribution is 6.05. The normalized spacial score (nSPS) is 14.4. The van der Waals surface area contributed by atoms with Gasteiger partial charge in [0.2, 0.25) is 0 Å². The van der Waals surface area contributed by atoms with Crippen molar-refractivity contribution in [3.05, 3.63) is 42.1 Å². The van der Waals surface area contributed by atoms with E-state index in [2.05, 4.69) is 20.5 Å². The number of hydrogen-bond donors (Lipinski definition) is 2. The molecule has 1 saturated heterocycles. The minimum atomic E-state index is -0.265. The molecule has 3 rings (SSSR count). The van der Waals surface area contributed by atoms with E-state index in [0.717, 1.165) is 45.2 Å². The van der Waals surface area contributed by atoms with Crippen LogP contribution < -0.4 is 20.1 Å². The fraction of sp³-hybridized carbons (Fsp3) is 0.400. The molecule has 0 saturated carbocycles. The Balaban J connectivity index is 1.55. The molecule has 0 spiro atoms. The molecule has 8 heteroatoms. The number of pyridine rings is 1. The quantitative estimate of drug-likeness (QED) is 0.719. The Labute approximate surface area is 164 Å². The standard InChI is InChI=1S/C20H26N4O4/c1-26-16-4-5-18(27-2)17(13-16)23-20(25)15-3-6-19(22-14-15)21-7-8-24-9-11-28-12-10-24/h3-6,13-14H,7-12H2,1-2H3,(H,21,22)(H,23,25). The Morgan fingerprint density at radius 2 is 2.00 bits per heavy atom. The molecule has 0 aliphatic carbocycles. The van der Waals surface area contributed by atoms with Gasteiger partial charge in [-0.25, -0.2) is 4.98 Å². The predicted molar refractivity (Wildman–Crippen MR) is 107 cm³/mol. The van der Waals surface area contributed by atoms with Crippen LogP contribution in [0.25, 0.3) is 0 Å². The van der Waals surface area contributed by atoms with Crippen LogP contribution in [0.3, 0.4) is 0 Å². The van der Waals surface area contributed by atoms with Crippen LogP contribution in [0.2, 0.25) is 0 Å². The topological polar surface area (TPSA) is 85.0 Å². The summed E-state index contributed by atoms with van der Waals surface area (Å²) in [4.78, 5) is 19.2. The number of carbonyl (C=O) groups excluding carboxylic acids is 1.